The number of methoxy groups -OCH3 is 1. The monoisotopic (exact) mass is 328 g/mol. The minimum atomic E-state index is -2.06. The molecule has 1 aromatic heterocycles. The number of anilines is 1. The fourth-order valence-corrected chi connectivity index (χ4v) is 2.51. The number of nitrogens with zero attached hydrogens (tertiary/aromatic N) is 1. The minimum absolute atomic E-state index is 0.0277. The summed E-state index contributed by atoms with van der Waals surface area (Å²) < 4.78 is 45.9. The lowest BCUT2D eigenvalue weighted by Gasteiger charge is -2.14. The highest BCUT2D eigenvalue weighted by molar-refractivity contribution is 7.92. The molecule has 1 atom stereocenters. The van der Waals surface area contributed by atoms with Crippen LogP contribution in [0, 0.1) is 11.6 Å². The molecule has 0 amide bonds. The largest absolute Gasteiger partial charge is 0.588 e. The summed E-state index contributed by atoms with van der Waals surface area (Å²) in [6.07, 6.45) is 1.16. The number of halogens is 2. The van der Waals surface area contributed by atoms with Crippen molar-refractivity contribution in [3.05, 3.63) is 42.1 Å². The van der Waals surface area contributed by atoms with Crippen LogP contribution in [0.1, 0.15) is 0 Å². The molecule has 1 aromatic carbocycles. The molecular formula is C12H11BF2N2O4S. The van der Waals surface area contributed by atoms with Crippen LogP contribution in [-0.4, -0.2) is 33.8 Å². The van der Waals surface area contributed by atoms with Gasteiger partial charge in [0.1, 0.15) is 22.9 Å². The predicted octanol–water partition coefficient (Wildman–Crippen LogP) is 0.183. The van der Waals surface area contributed by atoms with Gasteiger partial charge in [-0.2, -0.15) is 4.72 Å². The van der Waals surface area contributed by atoms with E-state index < -0.39 is 30.1 Å². The van der Waals surface area contributed by atoms with E-state index in [2.05, 4.69) is 9.71 Å². The molecule has 0 aliphatic heterocycles. The van der Waals surface area contributed by atoms with Crippen molar-refractivity contribution in [3.63, 3.8) is 0 Å². The summed E-state index contributed by atoms with van der Waals surface area (Å²) in [5, 5.41) is 18.2. The van der Waals surface area contributed by atoms with E-state index in [4.69, 9.17) is 14.8 Å². The van der Waals surface area contributed by atoms with Gasteiger partial charge in [0.05, 0.1) is 7.11 Å². The van der Waals surface area contributed by atoms with Gasteiger partial charge in [0.2, 0.25) is 10.8 Å². The third kappa shape index (κ3) is 3.66. The number of benzene rings is 1. The molecule has 2 aromatic rings. The van der Waals surface area contributed by atoms with Crippen LogP contribution in [0.4, 0.5) is 14.5 Å². The van der Waals surface area contributed by atoms with Crippen molar-refractivity contribution in [1.82, 2.24) is 4.98 Å². The third-order valence-corrected chi connectivity index (χ3v) is 3.80. The molecule has 6 nitrogen and oxygen atoms in total. The van der Waals surface area contributed by atoms with Gasteiger partial charge in [-0.05, 0) is 12.1 Å². The molecule has 0 aliphatic carbocycles. The van der Waals surface area contributed by atoms with Crippen LogP contribution in [-0.2, 0) is 11.4 Å². The summed E-state index contributed by atoms with van der Waals surface area (Å²) in [7, 11) is -0.473. The van der Waals surface area contributed by atoms with Crippen LogP contribution in [0.5, 0.6) is 5.88 Å². The Bertz CT molecular complexity index is 678. The zero-order chi connectivity index (χ0) is 16.3. The number of aromatic nitrogens is 1. The van der Waals surface area contributed by atoms with E-state index in [9.17, 15) is 13.3 Å². The molecule has 0 bridgehead atoms. The topological polar surface area (TPSA) is 97.7 Å². The van der Waals surface area contributed by atoms with Crippen molar-refractivity contribution < 1.29 is 28.1 Å². The van der Waals surface area contributed by atoms with E-state index in [1.807, 2.05) is 0 Å². The van der Waals surface area contributed by atoms with Gasteiger partial charge >= 0.3 is 7.12 Å². The molecule has 0 saturated carbocycles. The number of pyridine rings is 1. The first-order valence-corrected chi connectivity index (χ1v) is 7.11. The lowest BCUT2D eigenvalue weighted by atomic mass is 9.81. The predicted molar refractivity (Wildman–Crippen MR) is 77.0 cm³/mol. The van der Waals surface area contributed by atoms with E-state index in [-0.39, 0.29) is 21.9 Å². The highest BCUT2D eigenvalue weighted by Crippen LogP contribution is 2.24. The standard InChI is InChI=1S/C12H11BF2N2O4S/c1-21-12-10(4-7(6-16-12)13(18)19)17-22(20)11-3-2-8(14)5-9(11)15/h2-6,17-19H,1H3. The molecule has 0 saturated heterocycles. The molecule has 0 radical (unpaired) electrons. The molecule has 3 N–H and O–H groups in total. The van der Waals surface area contributed by atoms with Crippen LogP contribution in [0.2, 0.25) is 0 Å². The summed E-state index contributed by atoms with van der Waals surface area (Å²) in [5.41, 5.74) is 0.0926. The van der Waals surface area contributed by atoms with Gasteiger partial charge in [-0.15, -0.1) is 0 Å². The number of rotatable bonds is 5. The van der Waals surface area contributed by atoms with Crippen molar-refractivity contribution >= 4 is 29.6 Å². The molecular weight excluding hydrogens is 317 g/mol. The summed E-state index contributed by atoms with van der Waals surface area (Å²) in [6.45, 7) is 0. The Morgan fingerprint density at radius 2 is 2.05 bits per heavy atom. The number of hydrogen-bond acceptors (Lipinski definition) is 6. The number of hydrogen-bond donors (Lipinski definition) is 3. The maximum atomic E-state index is 13.6. The van der Waals surface area contributed by atoms with Gasteiger partial charge in [0.15, 0.2) is 5.82 Å². The first-order valence-electron chi connectivity index (χ1n) is 5.96. The summed E-state index contributed by atoms with van der Waals surface area (Å²) in [6, 6.07) is 3.87. The van der Waals surface area contributed by atoms with Crippen molar-refractivity contribution in [3.8, 4) is 5.88 Å². The van der Waals surface area contributed by atoms with Gasteiger partial charge in [-0.3, -0.25) is 0 Å². The average molecular weight is 328 g/mol. The van der Waals surface area contributed by atoms with Crippen molar-refractivity contribution in [1.29, 1.82) is 0 Å². The molecule has 22 heavy (non-hydrogen) atoms. The third-order valence-electron chi connectivity index (χ3n) is 2.66. The summed E-state index contributed by atoms with van der Waals surface area (Å²) in [5.74, 6) is -1.74. The molecule has 0 aliphatic rings. The van der Waals surface area contributed by atoms with E-state index in [0.29, 0.717) is 6.07 Å². The highest BCUT2D eigenvalue weighted by atomic mass is 32.2. The van der Waals surface area contributed by atoms with Gasteiger partial charge in [-0.1, -0.05) is 0 Å². The van der Waals surface area contributed by atoms with E-state index >= 15 is 0 Å². The van der Waals surface area contributed by atoms with Crippen molar-refractivity contribution in [2.45, 2.75) is 4.90 Å². The maximum absolute atomic E-state index is 13.6. The minimum Gasteiger partial charge on any atom is -0.588 e. The second kappa shape index (κ2) is 6.92. The molecule has 0 spiro atoms. The Kier molecular flexibility index (Phi) is 5.19. The zero-order valence-electron chi connectivity index (χ0n) is 11.3. The Labute approximate surface area is 128 Å². The van der Waals surface area contributed by atoms with Crippen LogP contribution < -0.4 is 14.9 Å². The maximum Gasteiger partial charge on any atom is 0.490 e. The smallest absolute Gasteiger partial charge is 0.490 e. The van der Waals surface area contributed by atoms with Gasteiger partial charge < -0.3 is 19.3 Å². The second-order valence-electron chi connectivity index (χ2n) is 4.14. The Morgan fingerprint density at radius 3 is 2.64 bits per heavy atom. The van der Waals surface area contributed by atoms with Crippen LogP contribution in [0.15, 0.2) is 35.4 Å². The second-order valence-corrected chi connectivity index (χ2v) is 5.33. The lowest BCUT2D eigenvalue weighted by molar-refractivity contribution is 0.399. The first-order chi connectivity index (χ1) is 10.4. The van der Waals surface area contributed by atoms with E-state index in [1.54, 1.807) is 0 Å². The average Bonchev–Trinajstić information content (AvgIpc) is 2.46. The SMILES string of the molecule is COc1ncc(B(O)O)cc1N[S+]([O-])c1ccc(F)cc1F. The molecule has 2 rings (SSSR count). The van der Waals surface area contributed by atoms with Gasteiger partial charge in [0.25, 0.3) is 0 Å². The van der Waals surface area contributed by atoms with Crippen molar-refractivity contribution in [2.24, 2.45) is 0 Å². The van der Waals surface area contributed by atoms with Crippen LogP contribution in [0.3, 0.4) is 0 Å². The first kappa shape index (κ1) is 16.5. The molecule has 116 valence electrons. The molecule has 1 unspecified atom stereocenters. The van der Waals surface area contributed by atoms with E-state index in [1.165, 1.54) is 13.2 Å². The Morgan fingerprint density at radius 1 is 1.32 bits per heavy atom. The fraction of sp³-hybridized carbons (Fsp3) is 0.0833. The Hall–Kier alpha value is -1.88. The van der Waals surface area contributed by atoms with E-state index in [0.717, 1.165) is 18.3 Å². The number of ether oxygens (including phenoxy) is 1. The number of nitrogens with one attached hydrogen (secondary N) is 1. The highest BCUT2D eigenvalue weighted by Gasteiger charge is 2.22. The summed E-state index contributed by atoms with van der Waals surface area (Å²) >= 11 is -2.06. The molecule has 1 heterocycles. The van der Waals surface area contributed by atoms with Crippen LogP contribution in [0.25, 0.3) is 0 Å². The Balaban J connectivity index is 2.30. The van der Waals surface area contributed by atoms with Gasteiger partial charge in [-0.25, -0.2) is 13.8 Å². The lowest BCUT2D eigenvalue weighted by Crippen LogP contribution is -2.31. The summed E-state index contributed by atoms with van der Waals surface area (Å²) in [4.78, 5) is 3.54. The van der Waals surface area contributed by atoms with Crippen LogP contribution >= 0.6 is 0 Å². The molecule has 10 heteroatoms. The van der Waals surface area contributed by atoms with Gasteiger partial charge in [0, 0.05) is 23.8 Å². The quantitative estimate of drug-likeness (QED) is 0.535. The zero-order valence-corrected chi connectivity index (χ0v) is 12.1. The molecule has 0 fully saturated rings. The normalized spacial score (nSPS) is 11.9. The van der Waals surface area contributed by atoms with Crippen molar-refractivity contribution in [2.75, 3.05) is 11.8 Å². The fourth-order valence-electron chi connectivity index (χ4n) is 1.63.